The van der Waals surface area contributed by atoms with E-state index in [0.717, 1.165) is 0 Å². The monoisotopic (exact) mass is 191 g/mol. The number of nitrogens with zero attached hydrogens (tertiary/aromatic N) is 5. The summed E-state index contributed by atoms with van der Waals surface area (Å²) in [5.41, 5.74) is -0.00815. The van der Waals surface area contributed by atoms with Gasteiger partial charge in [-0.25, -0.2) is 4.99 Å². The zero-order valence-electron chi connectivity index (χ0n) is 8.81. The molecule has 0 aliphatic heterocycles. The number of aliphatic imine (C=N–C) groups is 1. The fourth-order valence-electron chi connectivity index (χ4n) is 0.836. The molecule has 0 amide bonds. The minimum Gasteiger partial charge on any atom is -0.349 e. The van der Waals surface area contributed by atoms with Crippen LogP contribution in [-0.2, 0) is 0 Å². The van der Waals surface area contributed by atoms with E-state index < -0.39 is 0 Å². The molecule has 0 N–H and O–H groups in total. The molecule has 0 saturated heterocycles. The van der Waals surface area contributed by atoms with Crippen molar-refractivity contribution < 1.29 is 0 Å². The highest BCUT2D eigenvalue weighted by Crippen LogP contribution is 1.94. The van der Waals surface area contributed by atoms with Crippen LogP contribution >= 0.6 is 0 Å². The van der Waals surface area contributed by atoms with Crippen LogP contribution in [-0.4, -0.2) is 44.0 Å². The molecule has 0 unspecified atom stereocenters. The number of guanidine groups is 1. The highest BCUT2D eigenvalue weighted by atomic mass is 15.3. The summed E-state index contributed by atoms with van der Waals surface area (Å²) in [4.78, 5) is 7.62. The molecule has 0 aromatic rings. The topological polar surface area (TPSA) is 66.4 Å². The summed E-state index contributed by atoms with van der Waals surface area (Å²) in [7, 11) is 7.35. The zero-order chi connectivity index (χ0) is 11.1. The molecule has 74 valence electrons. The lowest BCUT2D eigenvalue weighted by molar-refractivity contribution is 0.484. The van der Waals surface area contributed by atoms with Gasteiger partial charge < -0.3 is 9.80 Å². The number of nitriles is 2. The molecule has 0 aromatic carbocycles. The lowest BCUT2D eigenvalue weighted by atomic mass is 10.4. The van der Waals surface area contributed by atoms with E-state index in [1.807, 2.05) is 28.2 Å². The van der Waals surface area contributed by atoms with Crippen molar-refractivity contribution >= 4 is 5.96 Å². The predicted molar refractivity (Wildman–Crippen MR) is 54.1 cm³/mol. The predicted octanol–water partition coefficient (Wildman–Crippen LogP) is 0.397. The molecule has 0 fully saturated rings. The van der Waals surface area contributed by atoms with Crippen LogP contribution in [0, 0.1) is 22.7 Å². The van der Waals surface area contributed by atoms with Crippen molar-refractivity contribution in [3.05, 3.63) is 11.8 Å². The van der Waals surface area contributed by atoms with Crippen molar-refractivity contribution in [2.75, 3.05) is 28.2 Å². The third-order valence-electron chi connectivity index (χ3n) is 1.35. The Morgan fingerprint density at radius 1 is 1.07 bits per heavy atom. The summed E-state index contributed by atoms with van der Waals surface area (Å²) in [5, 5.41) is 17.0. The van der Waals surface area contributed by atoms with Crippen molar-refractivity contribution in [2.24, 2.45) is 4.99 Å². The largest absolute Gasteiger partial charge is 0.349 e. The molecule has 0 radical (unpaired) electrons. The van der Waals surface area contributed by atoms with Gasteiger partial charge in [-0.2, -0.15) is 10.5 Å². The summed E-state index contributed by atoms with van der Waals surface area (Å²) in [5.74, 6) is 0.674. The number of rotatable bonds is 1. The molecule has 14 heavy (non-hydrogen) atoms. The molecule has 0 saturated carbocycles. The summed E-state index contributed by atoms with van der Waals surface area (Å²) >= 11 is 0. The van der Waals surface area contributed by atoms with Gasteiger partial charge in [0.2, 0.25) is 0 Å². The van der Waals surface area contributed by atoms with Crippen LogP contribution in [0.4, 0.5) is 0 Å². The van der Waals surface area contributed by atoms with E-state index in [-0.39, 0.29) is 5.57 Å². The van der Waals surface area contributed by atoms with E-state index in [1.165, 1.54) is 6.20 Å². The lowest BCUT2D eigenvalue weighted by Crippen LogP contribution is -2.35. The van der Waals surface area contributed by atoms with Crippen molar-refractivity contribution in [3.63, 3.8) is 0 Å². The number of hydrogen-bond donors (Lipinski definition) is 0. The maximum Gasteiger partial charge on any atom is 0.200 e. The summed E-state index contributed by atoms with van der Waals surface area (Å²) in [6.45, 7) is 0. The maximum atomic E-state index is 8.48. The standard InChI is InChI=1S/C9H13N5/c1-13(2)9(14(3)4)12-7-8(5-10)6-11/h7H,1-4H3. The Labute approximate surface area is 84.2 Å². The fourth-order valence-corrected chi connectivity index (χ4v) is 0.836. The normalized spacial score (nSPS) is 7.86. The average molecular weight is 191 g/mol. The highest BCUT2D eigenvalue weighted by Gasteiger charge is 2.02. The number of allylic oxidation sites excluding steroid dienone is 1. The van der Waals surface area contributed by atoms with E-state index >= 15 is 0 Å². The molecule has 0 aromatic heterocycles. The smallest absolute Gasteiger partial charge is 0.200 e. The lowest BCUT2D eigenvalue weighted by Gasteiger charge is -2.21. The van der Waals surface area contributed by atoms with E-state index in [2.05, 4.69) is 4.99 Å². The third-order valence-corrected chi connectivity index (χ3v) is 1.35. The molecular weight excluding hydrogens is 178 g/mol. The second-order valence-corrected chi connectivity index (χ2v) is 2.98. The second-order valence-electron chi connectivity index (χ2n) is 2.98. The van der Waals surface area contributed by atoms with Crippen molar-refractivity contribution in [3.8, 4) is 12.1 Å². The molecular formula is C9H13N5. The Balaban J connectivity index is 4.89. The zero-order valence-corrected chi connectivity index (χ0v) is 8.81. The van der Waals surface area contributed by atoms with Crippen LogP contribution in [0.5, 0.6) is 0 Å². The molecule has 0 rings (SSSR count). The van der Waals surface area contributed by atoms with Gasteiger partial charge in [0.15, 0.2) is 5.96 Å². The molecule has 0 spiro atoms. The van der Waals surface area contributed by atoms with E-state index in [0.29, 0.717) is 5.96 Å². The van der Waals surface area contributed by atoms with Gasteiger partial charge >= 0.3 is 0 Å². The molecule has 0 aliphatic carbocycles. The fraction of sp³-hybridized carbons (Fsp3) is 0.444. The maximum absolute atomic E-state index is 8.48. The van der Waals surface area contributed by atoms with Crippen LogP contribution in [0.2, 0.25) is 0 Å². The van der Waals surface area contributed by atoms with Crippen LogP contribution in [0.1, 0.15) is 0 Å². The van der Waals surface area contributed by atoms with Gasteiger partial charge in [0, 0.05) is 28.2 Å². The first-order valence-corrected chi connectivity index (χ1v) is 3.95. The second kappa shape index (κ2) is 5.60. The molecule has 0 aliphatic rings. The summed E-state index contributed by atoms with van der Waals surface area (Å²) in [6.07, 6.45) is 1.26. The number of hydrogen-bond acceptors (Lipinski definition) is 3. The Kier molecular flexibility index (Phi) is 4.80. The van der Waals surface area contributed by atoms with E-state index in [4.69, 9.17) is 10.5 Å². The molecule has 5 heteroatoms. The van der Waals surface area contributed by atoms with Crippen molar-refractivity contribution in [1.29, 1.82) is 10.5 Å². The van der Waals surface area contributed by atoms with Gasteiger partial charge in [0.1, 0.15) is 17.7 Å². The Hall–Kier alpha value is -2.01. The molecule has 5 nitrogen and oxygen atoms in total. The van der Waals surface area contributed by atoms with Crippen molar-refractivity contribution in [1.82, 2.24) is 9.80 Å². The first kappa shape index (κ1) is 12.0. The van der Waals surface area contributed by atoms with Gasteiger partial charge in [-0.05, 0) is 0 Å². The average Bonchev–Trinajstić information content (AvgIpc) is 2.11. The SMILES string of the molecule is CN(C)C(=NC=C(C#N)C#N)N(C)C. The van der Waals surface area contributed by atoms with Gasteiger partial charge in [-0.1, -0.05) is 0 Å². The van der Waals surface area contributed by atoms with Crippen LogP contribution in [0.25, 0.3) is 0 Å². The summed E-state index contributed by atoms with van der Waals surface area (Å²) < 4.78 is 0. The Morgan fingerprint density at radius 3 is 1.79 bits per heavy atom. The van der Waals surface area contributed by atoms with E-state index in [1.54, 1.807) is 21.9 Å². The third kappa shape index (κ3) is 3.59. The first-order chi connectivity index (χ1) is 6.52. The van der Waals surface area contributed by atoms with Crippen LogP contribution in [0.3, 0.4) is 0 Å². The quantitative estimate of drug-likeness (QED) is 0.342. The summed E-state index contributed by atoms with van der Waals surface area (Å²) in [6, 6.07) is 3.48. The van der Waals surface area contributed by atoms with Gasteiger partial charge in [-0.3, -0.25) is 0 Å². The minimum absolute atomic E-state index is 0.00815. The van der Waals surface area contributed by atoms with Gasteiger partial charge in [0.05, 0.1) is 6.20 Å². The Morgan fingerprint density at radius 2 is 1.50 bits per heavy atom. The molecule has 0 bridgehead atoms. The van der Waals surface area contributed by atoms with Crippen LogP contribution < -0.4 is 0 Å². The van der Waals surface area contributed by atoms with Crippen LogP contribution in [0.15, 0.2) is 16.8 Å². The first-order valence-electron chi connectivity index (χ1n) is 3.95. The Bertz CT molecular complexity index is 298. The highest BCUT2D eigenvalue weighted by molar-refractivity contribution is 5.79. The van der Waals surface area contributed by atoms with Gasteiger partial charge in [-0.15, -0.1) is 0 Å². The minimum atomic E-state index is -0.00815. The van der Waals surface area contributed by atoms with E-state index in [9.17, 15) is 0 Å². The van der Waals surface area contributed by atoms with Crippen molar-refractivity contribution in [2.45, 2.75) is 0 Å². The molecule has 0 heterocycles. The molecule has 0 atom stereocenters. The van der Waals surface area contributed by atoms with Gasteiger partial charge in [0.25, 0.3) is 0 Å².